The molecule has 4 nitrogen and oxygen atoms in total. The van der Waals surface area contributed by atoms with Gasteiger partial charge in [0.15, 0.2) is 0 Å². The SMILES string of the molecule is CC(C)=CCN(Cc1ccccc1)P(=O)(Oc1ccccc1)N(CC=C(C)C)Cc1ccccc1. The van der Waals surface area contributed by atoms with Crippen LogP contribution < -0.4 is 4.52 Å². The first-order chi connectivity index (χ1) is 16.9. The van der Waals surface area contributed by atoms with Gasteiger partial charge in [-0.25, -0.2) is 13.9 Å². The van der Waals surface area contributed by atoms with E-state index in [1.807, 2.05) is 76.1 Å². The number of nitrogens with zero attached hydrogens (tertiary/aromatic N) is 2. The fraction of sp³-hybridized carbons (Fsp3) is 0.267. The molecule has 35 heavy (non-hydrogen) atoms. The summed E-state index contributed by atoms with van der Waals surface area (Å²) in [5.41, 5.74) is 4.53. The highest BCUT2D eigenvalue weighted by Crippen LogP contribution is 2.55. The van der Waals surface area contributed by atoms with Crippen LogP contribution in [0.1, 0.15) is 38.8 Å². The molecule has 0 saturated heterocycles. The summed E-state index contributed by atoms with van der Waals surface area (Å²) in [7, 11) is -3.53. The molecule has 0 aromatic heterocycles. The number of allylic oxidation sites excluding steroid dienone is 2. The molecule has 0 bridgehead atoms. The Morgan fingerprint density at radius 1 is 0.657 bits per heavy atom. The summed E-state index contributed by atoms with van der Waals surface area (Å²) < 4.78 is 25.7. The normalized spacial score (nSPS) is 11.4. The summed E-state index contributed by atoms with van der Waals surface area (Å²) in [6.45, 7) is 10.3. The molecule has 0 amide bonds. The second-order valence-corrected chi connectivity index (χ2v) is 11.4. The monoisotopic (exact) mass is 488 g/mol. The van der Waals surface area contributed by atoms with Crippen LogP contribution in [0.3, 0.4) is 0 Å². The fourth-order valence-electron chi connectivity index (χ4n) is 3.59. The van der Waals surface area contributed by atoms with Gasteiger partial charge in [-0.2, -0.15) is 0 Å². The lowest BCUT2D eigenvalue weighted by Crippen LogP contribution is -2.34. The molecule has 0 heterocycles. The number of hydrogen-bond donors (Lipinski definition) is 0. The Labute approximate surface area is 211 Å². The maximum atomic E-state index is 15.2. The van der Waals surface area contributed by atoms with E-state index in [0.29, 0.717) is 31.9 Å². The Morgan fingerprint density at radius 3 is 1.40 bits per heavy atom. The second kappa shape index (κ2) is 13.3. The first-order valence-electron chi connectivity index (χ1n) is 12.1. The van der Waals surface area contributed by atoms with E-state index in [1.165, 1.54) is 11.1 Å². The highest BCUT2D eigenvalue weighted by Gasteiger charge is 2.39. The molecule has 0 radical (unpaired) electrons. The standard InChI is InChI=1S/C30H37N2O2P/c1-26(2)20-22-31(24-28-14-8-5-9-15-28)35(33,34-30-18-12-7-13-19-30)32(23-21-27(3)4)25-29-16-10-6-11-17-29/h5-21H,22-25H2,1-4H3. The minimum atomic E-state index is -3.53. The molecule has 0 atom stereocenters. The highest BCUT2D eigenvalue weighted by atomic mass is 31.2. The van der Waals surface area contributed by atoms with Crippen molar-refractivity contribution in [1.82, 2.24) is 9.34 Å². The fourth-order valence-corrected chi connectivity index (χ4v) is 5.84. The molecule has 0 fully saturated rings. The third-order valence-corrected chi connectivity index (χ3v) is 8.01. The summed E-state index contributed by atoms with van der Waals surface area (Å²) in [6, 6.07) is 29.8. The molecular formula is C30H37N2O2P. The van der Waals surface area contributed by atoms with Gasteiger partial charge >= 0.3 is 7.67 Å². The van der Waals surface area contributed by atoms with Crippen LogP contribution in [0, 0.1) is 0 Å². The van der Waals surface area contributed by atoms with E-state index in [9.17, 15) is 0 Å². The van der Waals surface area contributed by atoms with E-state index in [2.05, 4.69) is 64.1 Å². The van der Waals surface area contributed by atoms with Crippen molar-refractivity contribution in [1.29, 1.82) is 0 Å². The zero-order valence-electron chi connectivity index (χ0n) is 21.3. The van der Waals surface area contributed by atoms with Gasteiger partial charge in [-0.05, 0) is 51.0 Å². The van der Waals surface area contributed by atoms with E-state index in [1.54, 1.807) is 0 Å². The first-order valence-corrected chi connectivity index (χ1v) is 13.6. The molecule has 0 aliphatic rings. The molecule has 0 aliphatic heterocycles. The number of rotatable bonds is 12. The molecule has 0 unspecified atom stereocenters. The Kier molecular flexibility index (Phi) is 10.1. The molecule has 3 aromatic rings. The van der Waals surface area contributed by atoms with Gasteiger partial charge in [0.1, 0.15) is 5.75 Å². The maximum Gasteiger partial charge on any atom is 0.396 e. The van der Waals surface area contributed by atoms with Crippen molar-refractivity contribution in [3.05, 3.63) is 125 Å². The maximum absolute atomic E-state index is 15.2. The smallest absolute Gasteiger partial charge is 0.396 e. The van der Waals surface area contributed by atoms with Gasteiger partial charge in [-0.3, -0.25) is 0 Å². The van der Waals surface area contributed by atoms with Crippen molar-refractivity contribution in [3.8, 4) is 5.75 Å². The topological polar surface area (TPSA) is 32.8 Å². The van der Waals surface area contributed by atoms with Crippen LogP contribution in [-0.2, 0) is 17.7 Å². The summed E-state index contributed by atoms with van der Waals surface area (Å²) in [6.07, 6.45) is 4.23. The van der Waals surface area contributed by atoms with Crippen LogP contribution in [0.5, 0.6) is 5.75 Å². The van der Waals surface area contributed by atoms with Crippen LogP contribution in [-0.4, -0.2) is 22.4 Å². The summed E-state index contributed by atoms with van der Waals surface area (Å²) in [5, 5.41) is 0. The predicted molar refractivity (Wildman–Crippen MR) is 147 cm³/mol. The van der Waals surface area contributed by atoms with Gasteiger partial charge in [0, 0.05) is 26.2 Å². The van der Waals surface area contributed by atoms with Gasteiger partial charge in [0.05, 0.1) is 0 Å². The van der Waals surface area contributed by atoms with Gasteiger partial charge < -0.3 is 4.52 Å². The van der Waals surface area contributed by atoms with Gasteiger partial charge in [0.2, 0.25) is 0 Å². The molecule has 5 heteroatoms. The van der Waals surface area contributed by atoms with Crippen LogP contribution in [0.25, 0.3) is 0 Å². The van der Waals surface area contributed by atoms with Crippen LogP contribution in [0.2, 0.25) is 0 Å². The molecule has 0 saturated carbocycles. The van der Waals surface area contributed by atoms with Crippen molar-refractivity contribution in [2.75, 3.05) is 13.1 Å². The molecule has 0 N–H and O–H groups in total. The summed E-state index contributed by atoms with van der Waals surface area (Å²) in [4.78, 5) is 0. The zero-order chi connectivity index (χ0) is 25.1. The zero-order valence-corrected chi connectivity index (χ0v) is 22.2. The van der Waals surface area contributed by atoms with Gasteiger partial charge in [-0.1, -0.05) is 102 Å². The third kappa shape index (κ3) is 8.36. The van der Waals surface area contributed by atoms with E-state index < -0.39 is 7.67 Å². The molecule has 3 rings (SSSR count). The summed E-state index contributed by atoms with van der Waals surface area (Å²) >= 11 is 0. The van der Waals surface area contributed by atoms with Crippen molar-refractivity contribution in [3.63, 3.8) is 0 Å². The highest BCUT2D eigenvalue weighted by molar-refractivity contribution is 7.54. The molecule has 0 spiro atoms. The third-order valence-electron chi connectivity index (χ3n) is 5.52. The van der Waals surface area contributed by atoms with E-state index in [-0.39, 0.29) is 0 Å². The average molecular weight is 489 g/mol. The van der Waals surface area contributed by atoms with E-state index in [4.69, 9.17) is 4.52 Å². The van der Waals surface area contributed by atoms with Crippen molar-refractivity contribution >= 4 is 7.67 Å². The van der Waals surface area contributed by atoms with Gasteiger partial charge in [0.25, 0.3) is 0 Å². The number of benzene rings is 3. The van der Waals surface area contributed by atoms with Crippen LogP contribution in [0.4, 0.5) is 0 Å². The molecule has 3 aromatic carbocycles. The average Bonchev–Trinajstić information content (AvgIpc) is 2.85. The minimum Gasteiger partial charge on any atom is -0.422 e. The number of para-hydroxylation sites is 1. The van der Waals surface area contributed by atoms with Crippen molar-refractivity contribution < 1.29 is 9.09 Å². The lowest BCUT2D eigenvalue weighted by molar-refractivity contribution is 0.284. The largest absolute Gasteiger partial charge is 0.422 e. The van der Waals surface area contributed by atoms with E-state index in [0.717, 1.165) is 11.1 Å². The Balaban J connectivity index is 2.10. The molecule has 184 valence electrons. The number of hydrogen-bond acceptors (Lipinski definition) is 2. The quantitative estimate of drug-likeness (QED) is 0.190. The van der Waals surface area contributed by atoms with Crippen LogP contribution >= 0.6 is 7.67 Å². The predicted octanol–water partition coefficient (Wildman–Crippen LogP) is 8.11. The Morgan fingerprint density at radius 2 is 1.03 bits per heavy atom. The summed E-state index contributed by atoms with van der Waals surface area (Å²) in [5.74, 6) is 0.598. The Hall–Kier alpha value is -2.91. The van der Waals surface area contributed by atoms with Crippen LogP contribution in [0.15, 0.2) is 114 Å². The second-order valence-electron chi connectivity index (χ2n) is 9.12. The minimum absolute atomic E-state index is 0.509. The van der Waals surface area contributed by atoms with Crippen molar-refractivity contribution in [2.45, 2.75) is 40.8 Å². The lowest BCUT2D eigenvalue weighted by atomic mass is 10.2. The molecule has 0 aliphatic carbocycles. The van der Waals surface area contributed by atoms with Gasteiger partial charge in [-0.15, -0.1) is 0 Å². The Bertz CT molecular complexity index is 1070. The van der Waals surface area contributed by atoms with E-state index >= 15 is 4.57 Å². The van der Waals surface area contributed by atoms with Crippen molar-refractivity contribution in [2.24, 2.45) is 0 Å². The molecular weight excluding hydrogens is 451 g/mol. The lowest BCUT2D eigenvalue weighted by Gasteiger charge is -2.37. The first kappa shape index (κ1) is 26.7.